The maximum Gasteiger partial charge on any atom is 0.265 e. The molecule has 180 valence electrons. The van der Waals surface area contributed by atoms with Gasteiger partial charge in [-0.25, -0.2) is 0 Å². The number of rotatable bonds is 7. The molecule has 6 rings (SSSR count). The summed E-state index contributed by atoms with van der Waals surface area (Å²) in [5.74, 6) is 1.45. The van der Waals surface area contributed by atoms with Crippen LogP contribution in [0, 0.1) is 5.92 Å². The number of aryl methyl sites for hydroxylation is 1. The molecule has 34 heavy (non-hydrogen) atoms. The van der Waals surface area contributed by atoms with Crippen LogP contribution in [0.2, 0.25) is 5.02 Å². The number of nitrogens with zero attached hydrogens (tertiary/aromatic N) is 2. The zero-order chi connectivity index (χ0) is 23.7. The van der Waals surface area contributed by atoms with Gasteiger partial charge in [0.05, 0.1) is 18.4 Å². The summed E-state index contributed by atoms with van der Waals surface area (Å²) in [5.41, 5.74) is 2.13. The molecule has 2 amide bonds. The summed E-state index contributed by atoms with van der Waals surface area (Å²) in [7, 11) is 1.65. The number of halogens is 1. The van der Waals surface area contributed by atoms with Crippen LogP contribution >= 0.6 is 11.6 Å². The maximum absolute atomic E-state index is 13.3. The van der Waals surface area contributed by atoms with Crippen LogP contribution in [0.4, 0.5) is 5.69 Å². The minimum atomic E-state index is -0.190. The van der Waals surface area contributed by atoms with Crippen molar-refractivity contribution in [1.82, 2.24) is 10.2 Å². The summed E-state index contributed by atoms with van der Waals surface area (Å²) in [4.78, 5) is 30.1. The second-order valence-corrected chi connectivity index (χ2v) is 9.74. The molecule has 3 saturated heterocycles. The Balaban J connectivity index is 1.30. The van der Waals surface area contributed by atoms with E-state index in [4.69, 9.17) is 21.1 Å². The van der Waals surface area contributed by atoms with Gasteiger partial charge in [0.15, 0.2) is 12.4 Å². The van der Waals surface area contributed by atoms with E-state index < -0.39 is 0 Å². The Morgan fingerprint density at radius 2 is 1.97 bits per heavy atom. The van der Waals surface area contributed by atoms with E-state index >= 15 is 0 Å². The van der Waals surface area contributed by atoms with Gasteiger partial charge in [-0.15, -0.1) is 0 Å². The molecule has 0 spiro atoms. The third-order valence-corrected chi connectivity index (χ3v) is 7.41. The SMILES string of the molecule is COc1ccc(CCCN2C(=O)COc3c(C(=O)NC4CN5CCC4CC5)cc(Cl)cc32)cc1. The molecule has 4 aliphatic heterocycles. The van der Waals surface area contributed by atoms with Crippen molar-refractivity contribution in [1.29, 1.82) is 0 Å². The van der Waals surface area contributed by atoms with E-state index in [2.05, 4.69) is 10.2 Å². The molecule has 4 aliphatic rings. The van der Waals surface area contributed by atoms with E-state index in [-0.39, 0.29) is 24.5 Å². The number of anilines is 1. The molecule has 3 fully saturated rings. The number of fused-ring (bicyclic) bond motifs is 4. The highest BCUT2D eigenvalue weighted by Gasteiger charge is 2.36. The lowest BCUT2D eigenvalue weighted by Gasteiger charge is -2.45. The lowest BCUT2D eigenvalue weighted by molar-refractivity contribution is -0.121. The topological polar surface area (TPSA) is 71.1 Å². The molecule has 4 heterocycles. The molecule has 0 saturated carbocycles. The van der Waals surface area contributed by atoms with Gasteiger partial charge in [0, 0.05) is 24.2 Å². The van der Waals surface area contributed by atoms with E-state index in [9.17, 15) is 9.59 Å². The average Bonchev–Trinajstić information content (AvgIpc) is 2.86. The third-order valence-electron chi connectivity index (χ3n) is 7.19. The van der Waals surface area contributed by atoms with E-state index in [1.165, 1.54) is 5.56 Å². The standard InChI is InChI=1S/C26H30ClN3O4/c1-33-20-6-4-17(5-7-20)3-2-10-30-23-14-19(27)13-21(25(23)34-16-24(30)31)26(32)28-22-15-29-11-8-18(22)9-12-29/h4-7,13-14,18,22H,2-3,8-12,15-16H2,1H3,(H,28,32). The Morgan fingerprint density at radius 3 is 2.65 bits per heavy atom. The molecule has 0 radical (unpaired) electrons. The molecular formula is C26H30ClN3O4. The van der Waals surface area contributed by atoms with Crippen LogP contribution in [0.1, 0.15) is 35.2 Å². The Morgan fingerprint density at radius 1 is 1.21 bits per heavy atom. The van der Waals surface area contributed by atoms with Crippen molar-refractivity contribution in [3.63, 3.8) is 0 Å². The largest absolute Gasteiger partial charge is 0.497 e. The van der Waals surface area contributed by atoms with E-state index in [0.29, 0.717) is 34.5 Å². The Kier molecular flexibility index (Phi) is 6.66. The van der Waals surface area contributed by atoms with Crippen LogP contribution in [-0.2, 0) is 11.2 Å². The Hall–Kier alpha value is -2.77. The number of piperidine rings is 3. The number of carbonyl (C=O) groups is 2. The number of hydrogen-bond donors (Lipinski definition) is 1. The Labute approximate surface area is 205 Å². The minimum Gasteiger partial charge on any atom is -0.497 e. The molecule has 0 aromatic heterocycles. The van der Waals surface area contributed by atoms with Crippen LogP contribution in [0.15, 0.2) is 36.4 Å². The minimum absolute atomic E-state index is 0.0860. The van der Waals surface area contributed by atoms with Crippen LogP contribution in [0.25, 0.3) is 0 Å². The van der Waals surface area contributed by atoms with Gasteiger partial charge in [0.1, 0.15) is 5.75 Å². The molecule has 8 heteroatoms. The number of benzene rings is 2. The van der Waals surface area contributed by atoms with Crippen molar-refractivity contribution >= 4 is 29.1 Å². The summed E-state index contributed by atoms with van der Waals surface area (Å²) in [5, 5.41) is 3.62. The zero-order valence-corrected chi connectivity index (χ0v) is 20.1. The number of methoxy groups -OCH3 is 1. The number of ether oxygens (including phenoxy) is 2. The second-order valence-electron chi connectivity index (χ2n) is 9.31. The molecule has 2 aromatic rings. The fourth-order valence-electron chi connectivity index (χ4n) is 5.30. The smallest absolute Gasteiger partial charge is 0.265 e. The quantitative estimate of drug-likeness (QED) is 0.652. The third kappa shape index (κ3) is 4.72. The van der Waals surface area contributed by atoms with Gasteiger partial charge in [-0.1, -0.05) is 23.7 Å². The van der Waals surface area contributed by atoms with Gasteiger partial charge in [-0.05, 0) is 74.5 Å². The van der Waals surface area contributed by atoms with Crippen molar-refractivity contribution in [3.05, 3.63) is 52.5 Å². The van der Waals surface area contributed by atoms with Gasteiger partial charge >= 0.3 is 0 Å². The lowest BCUT2D eigenvalue weighted by Crippen LogP contribution is -2.57. The number of amides is 2. The van der Waals surface area contributed by atoms with Gasteiger partial charge < -0.3 is 24.6 Å². The van der Waals surface area contributed by atoms with Crippen molar-refractivity contribution in [3.8, 4) is 11.5 Å². The summed E-state index contributed by atoms with van der Waals surface area (Å²) in [6, 6.07) is 11.4. The lowest BCUT2D eigenvalue weighted by atomic mass is 9.84. The zero-order valence-electron chi connectivity index (χ0n) is 19.4. The highest BCUT2D eigenvalue weighted by molar-refractivity contribution is 6.31. The summed E-state index contributed by atoms with van der Waals surface area (Å²) in [6.45, 7) is 3.54. The predicted octanol–water partition coefficient (Wildman–Crippen LogP) is 3.53. The van der Waals surface area contributed by atoms with Gasteiger partial charge in [-0.3, -0.25) is 9.59 Å². The first-order valence-corrected chi connectivity index (χ1v) is 12.3. The highest BCUT2D eigenvalue weighted by Crippen LogP contribution is 2.39. The Bertz CT molecular complexity index is 1070. The first-order valence-electron chi connectivity index (χ1n) is 11.9. The van der Waals surface area contributed by atoms with Crippen LogP contribution in [0.5, 0.6) is 11.5 Å². The molecule has 2 bridgehead atoms. The number of hydrogen-bond acceptors (Lipinski definition) is 5. The summed E-state index contributed by atoms with van der Waals surface area (Å²) < 4.78 is 11.0. The number of carbonyl (C=O) groups excluding carboxylic acids is 2. The van der Waals surface area contributed by atoms with Gasteiger partial charge in [-0.2, -0.15) is 0 Å². The fraction of sp³-hybridized carbons (Fsp3) is 0.462. The highest BCUT2D eigenvalue weighted by atomic mass is 35.5. The predicted molar refractivity (Wildman–Crippen MR) is 131 cm³/mol. The van der Waals surface area contributed by atoms with Crippen LogP contribution in [-0.4, -0.2) is 62.7 Å². The van der Waals surface area contributed by atoms with Crippen LogP contribution < -0.4 is 19.7 Å². The molecule has 0 aliphatic carbocycles. The molecule has 1 atom stereocenters. The molecule has 7 nitrogen and oxygen atoms in total. The van der Waals surface area contributed by atoms with Crippen molar-refractivity contribution in [2.75, 3.05) is 44.8 Å². The fourth-order valence-corrected chi connectivity index (χ4v) is 5.51. The summed E-state index contributed by atoms with van der Waals surface area (Å²) in [6.07, 6.45) is 3.82. The molecule has 2 aromatic carbocycles. The first-order chi connectivity index (χ1) is 16.5. The van der Waals surface area contributed by atoms with Gasteiger partial charge in [0.2, 0.25) is 0 Å². The molecular weight excluding hydrogens is 454 g/mol. The summed E-state index contributed by atoms with van der Waals surface area (Å²) >= 11 is 6.41. The van der Waals surface area contributed by atoms with Crippen LogP contribution in [0.3, 0.4) is 0 Å². The van der Waals surface area contributed by atoms with E-state index in [0.717, 1.165) is 51.1 Å². The van der Waals surface area contributed by atoms with Crippen molar-refractivity contribution < 1.29 is 19.1 Å². The maximum atomic E-state index is 13.3. The first kappa shape index (κ1) is 23.0. The second kappa shape index (κ2) is 9.84. The molecule has 1 N–H and O–H groups in total. The van der Waals surface area contributed by atoms with Gasteiger partial charge in [0.25, 0.3) is 11.8 Å². The monoisotopic (exact) mass is 483 g/mol. The number of nitrogens with one attached hydrogen (secondary N) is 1. The van der Waals surface area contributed by atoms with E-state index in [1.807, 2.05) is 24.3 Å². The normalized spacial score (nSPS) is 23.3. The van der Waals surface area contributed by atoms with E-state index in [1.54, 1.807) is 24.1 Å². The average molecular weight is 484 g/mol. The molecule has 1 unspecified atom stereocenters. The van der Waals surface area contributed by atoms with Crippen molar-refractivity contribution in [2.45, 2.75) is 31.7 Å². The van der Waals surface area contributed by atoms with Crippen molar-refractivity contribution in [2.24, 2.45) is 5.92 Å².